The lowest BCUT2D eigenvalue weighted by atomic mass is 9.99. The number of ether oxygens (including phenoxy) is 1. The Kier molecular flexibility index (Phi) is 5.77. The Hall–Kier alpha value is -2.19. The lowest BCUT2D eigenvalue weighted by Gasteiger charge is -2.34. The number of hydrogen-bond donors (Lipinski definition) is 1. The van der Waals surface area contributed by atoms with E-state index >= 15 is 0 Å². The van der Waals surface area contributed by atoms with Gasteiger partial charge in [-0.15, -0.1) is 0 Å². The van der Waals surface area contributed by atoms with Gasteiger partial charge in [-0.25, -0.2) is 4.98 Å². The maximum absolute atomic E-state index is 13.1. The number of pyridine rings is 1. The number of amides is 2. The first kappa shape index (κ1) is 19.1. The van der Waals surface area contributed by atoms with Crippen LogP contribution in [0.25, 0.3) is 0 Å². The molecule has 0 unspecified atom stereocenters. The molecule has 8 heteroatoms. The van der Waals surface area contributed by atoms with Crippen LogP contribution in [0.4, 0.5) is 11.5 Å². The van der Waals surface area contributed by atoms with Gasteiger partial charge in [0.2, 0.25) is 5.91 Å². The molecule has 3 aliphatic heterocycles. The first-order valence-electron chi connectivity index (χ1n) is 10.2. The molecule has 0 saturated carbocycles. The average molecular weight is 387 g/mol. The van der Waals surface area contributed by atoms with Gasteiger partial charge in [-0.2, -0.15) is 0 Å². The van der Waals surface area contributed by atoms with Crippen LogP contribution >= 0.6 is 0 Å². The Morgan fingerprint density at radius 1 is 1.25 bits per heavy atom. The van der Waals surface area contributed by atoms with Crippen LogP contribution in [0.3, 0.4) is 0 Å². The second-order valence-electron chi connectivity index (χ2n) is 7.95. The first-order valence-corrected chi connectivity index (χ1v) is 10.2. The summed E-state index contributed by atoms with van der Waals surface area (Å²) in [4.78, 5) is 36.1. The lowest BCUT2D eigenvalue weighted by molar-refractivity contribution is -0.117. The molecule has 0 aromatic carbocycles. The topological polar surface area (TPSA) is 78.0 Å². The van der Waals surface area contributed by atoms with E-state index in [0.29, 0.717) is 23.8 Å². The van der Waals surface area contributed by atoms with Gasteiger partial charge < -0.3 is 24.8 Å². The number of nitrogens with zero attached hydrogens (tertiary/aromatic N) is 4. The summed E-state index contributed by atoms with van der Waals surface area (Å²) < 4.78 is 5.44. The molecule has 0 radical (unpaired) electrons. The Morgan fingerprint density at radius 3 is 2.89 bits per heavy atom. The van der Waals surface area contributed by atoms with Gasteiger partial charge in [-0.3, -0.25) is 9.59 Å². The summed E-state index contributed by atoms with van der Waals surface area (Å²) in [6, 6.07) is 1.84. The standard InChI is InChI=1S/C20H29N5O3/c1-23-5-2-6-24(8-7-23)20(27)16-11-17-19(21-12-16)22-13-18(26)25(17)14-15-3-9-28-10-4-15/h11-12,15H,2-10,13-14H2,1H3,(H,21,22). The molecule has 2 fully saturated rings. The Balaban J connectivity index is 1.55. The van der Waals surface area contributed by atoms with Crippen LogP contribution in [-0.4, -0.2) is 86.1 Å². The van der Waals surface area contributed by atoms with Crippen LogP contribution < -0.4 is 10.2 Å². The van der Waals surface area contributed by atoms with Gasteiger partial charge in [0.05, 0.1) is 17.8 Å². The van der Waals surface area contributed by atoms with Crippen LogP contribution in [0.1, 0.15) is 29.6 Å². The van der Waals surface area contributed by atoms with Crippen molar-refractivity contribution in [1.29, 1.82) is 0 Å². The van der Waals surface area contributed by atoms with E-state index in [2.05, 4.69) is 22.2 Å². The maximum Gasteiger partial charge on any atom is 0.255 e. The van der Waals surface area contributed by atoms with E-state index in [9.17, 15) is 9.59 Å². The number of nitrogens with one attached hydrogen (secondary N) is 1. The molecule has 4 rings (SSSR count). The molecule has 2 saturated heterocycles. The van der Waals surface area contributed by atoms with Crippen LogP contribution in [0.5, 0.6) is 0 Å². The summed E-state index contributed by atoms with van der Waals surface area (Å²) in [5, 5.41) is 3.08. The Morgan fingerprint density at radius 2 is 2.07 bits per heavy atom. The molecule has 0 bridgehead atoms. The molecule has 1 aromatic heterocycles. The van der Waals surface area contributed by atoms with E-state index in [1.165, 1.54) is 0 Å². The monoisotopic (exact) mass is 387 g/mol. The summed E-state index contributed by atoms with van der Waals surface area (Å²) in [5.74, 6) is 1.12. The summed E-state index contributed by atoms with van der Waals surface area (Å²) in [6.45, 7) is 5.75. The minimum absolute atomic E-state index is 0.00496. The second kappa shape index (κ2) is 8.45. The fraction of sp³-hybridized carbons (Fsp3) is 0.650. The number of likely N-dealkylation sites (N-methyl/N-ethyl adjacent to an activating group) is 1. The normalized spacial score (nSPS) is 21.8. The number of rotatable bonds is 3. The summed E-state index contributed by atoms with van der Waals surface area (Å²) in [7, 11) is 2.08. The third kappa shape index (κ3) is 4.12. The smallest absolute Gasteiger partial charge is 0.255 e. The van der Waals surface area contributed by atoms with E-state index in [1.807, 2.05) is 15.9 Å². The van der Waals surface area contributed by atoms with Gasteiger partial charge in [0.15, 0.2) is 0 Å². The lowest BCUT2D eigenvalue weighted by Crippen LogP contribution is -2.44. The zero-order valence-electron chi connectivity index (χ0n) is 16.5. The minimum atomic E-state index is -0.00496. The number of carbonyl (C=O) groups is 2. The van der Waals surface area contributed by atoms with Gasteiger partial charge in [0, 0.05) is 45.6 Å². The van der Waals surface area contributed by atoms with Crippen LogP contribution in [-0.2, 0) is 9.53 Å². The zero-order valence-corrected chi connectivity index (χ0v) is 16.5. The number of carbonyl (C=O) groups excluding carboxylic acids is 2. The molecule has 0 atom stereocenters. The number of hydrogen-bond acceptors (Lipinski definition) is 6. The SMILES string of the molecule is CN1CCCN(C(=O)c2cnc3c(c2)N(CC2CCOCC2)C(=O)CN3)CC1. The van der Waals surface area contributed by atoms with Gasteiger partial charge in [-0.1, -0.05) is 0 Å². The van der Waals surface area contributed by atoms with Crippen LogP contribution in [0, 0.1) is 5.92 Å². The van der Waals surface area contributed by atoms with Crippen molar-refractivity contribution in [2.75, 3.05) is 69.7 Å². The molecular formula is C20H29N5O3. The van der Waals surface area contributed by atoms with Crippen molar-refractivity contribution in [2.24, 2.45) is 5.92 Å². The fourth-order valence-electron chi connectivity index (χ4n) is 4.12. The highest BCUT2D eigenvalue weighted by Crippen LogP contribution is 2.31. The van der Waals surface area contributed by atoms with Crippen molar-refractivity contribution in [2.45, 2.75) is 19.3 Å². The molecule has 4 heterocycles. The minimum Gasteiger partial charge on any atom is -0.381 e. The molecule has 1 N–H and O–H groups in total. The van der Waals surface area contributed by atoms with E-state index in [1.54, 1.807) is 6.20 Å². The quantitative estimate of drug-likeness (QED) is 0.835. The second-order valence-corrected chi connectivity index (χ2v) is 7.95. The Labute approximate surface area is 165 Å². The van der Waals surface area contributed by atoms with Crippen LogP contribution in [0.15, 0.2) is 12.3 Å². The molecule has 0 aliphatic carbocycles. The molecule has 0 spiro atoms. The molecule has 8 nitrogen and oxygen atoms in total. The van der Waals surface area contributed by atoms with Gasteiger partial charge in [-0.05, 0) is 44.8 Å². The largest absolute Gasteiger partial charge is 0.381 e. The van der Waals surface area contributed by atoms with E-state index < -0.39 is 0 Å². The number of anilines is 2. The van der Waals surface area contributed by atoms with E-state index in [4.69, 9.17) is 4.74 Å². The van der Waals surface area contributed by atoms with E-state index in [0.717, 1.165) is 64.3 Å². The number of fused-ring (bicyclic) bond motifs is 1. The van der Waals surface area contributed by atoms with Gasteiger partial charge in [0.25, 0.3) is 5.91 Å². The zero-order chi connectivity index (χ0) is 19.5. The van der Waals surface area contributed by atoms with E-state index in [-0.39, 0.29) is 18.4 Å². The van der Waals surface area contributed by atoms with Crippen molar-refractivity contribution in [3.63, 3.8) is 0 Å². The predicted octanol–water partition coefficient (Wildman–Crippen LogP) is 1.04. The summed E-state index contributed by atoms with van der Waals surface area (Å²) in [6.07, 6.45) is 4.52. The van der Waals surface area contributed by atoms with Gasteiger partial charge >= 0.3 is 0 Å². The molecular weight excluding hydrogens is 358 g/mol. The molecule has 2 amide bonds. The number of aromatic nitrogens is 1. The van der Waals surface area contributed by atoms with Crippen molar-refractivity contribution >= 4 is 23.3 Å². The molecule has 3 aliphatic rings. The highest BCUT2D eigenvalue weighted by atomic mass is 16.5. The summed E-state index contributed by atoms with van der Waals surface area (Å²) >= 11 is 0. The summed E-state index contributed by atoms with van der Waals surface area (Å²) in [5.41, 5.74) is 1.28. The first-order chi connectivity index (χ1) is 13.6. The molecule has 1 aromatic rings. The highest BCUT2D eigenvalue weighted by Gasteiger charge is 2.30. The third-order valence-electron chi connectivity index (χ3n) is 5.90. The van der Waals surface area contributed by atoms with Gasteiger partial charge in [0.1, 0.15) is 5.82 Å². The average Bonchev–Trinajstić information content (AvgIpc) is 2.94. The maximum atomic E-state index is 13.1. The van der Waals surface area contributed by atoms with Crippen molar-refractivity contribution in [3.05, 3.63) is 17.8 Å². The fourth-order valence-corrected chi connectivity index (χ4v) is 4.12. The predicted molar refractivity (Wildman–Crippen MR) is 107 cm³/mol. The van der Waals surface area contributed by atoms with Crippen molar-refractivity contribution < 1.29 is 14.3 Å². The van der Waals surface area contributed by atoms with Crippen LogP contribution in [0.2, 0.25) is 0 Å². The Bertz CT molecular complexity index is 735. The highest BCUT2D eigenvalue weighted by molar-refractivity contribution is 6.04. The molecule has 28 heavy (non-hydrogen) atoms. The third-order valence-corrected chi connectivity index (χ3v) is 5.90. The molecule has 152 valence electrons. The van der Waals surface area contributed by atoms with Crippen molar-refractivity contribution in [1.82, 2.24) is 14.8 Å². The van der Waals surface area contributed by atoms with Crippen molar-refractivity contribution in [3.8, 4) is 0 Å².